The zero-order valence-corrected chi connectivity index (χ0v) is 11.8. The van der Waals surface area contributed by atoms with Gasteiger partial charge in [-0.3, -0.25) is 4.79 Å². The maximum atomic E-state index is 12.1. The second-order valence-electron chi connectivity index (χ2n) is 4.97. The maximum Gasteiger partial charge on any atom is 0.341 e. The Morgan fingerprint density at radius 2 is 1.85 bits per heavy atom. The summed E-state index contributed by atoms with van der Waals surface area (Å²) in [4.78, 5) is 23.9. The molecule has 0 saturated heterocycles. The van der Waals surface area contributed by atoms with Crippen molar-refractivity contribution in [3.8, 4) is 5.75 Å². The van der Waals surface area contributed by atoms with Crippen LogP contribution in [0.4, 0.5) is 0 Å². The fraction of sp³-hybridized carbons (Fsp3) is 0.500. The molecular formula is C16H20O4. The third-order valence-corrected chi connectivity index (χ3v) is 3.53. The molecule has 0 aliphatic heterocycles. The molecule has 1 aromatic rings. The van der Waals surface area contributed by atoms with Gasteiger partial charge >= 0.3 is 11.9 Å². The summed E-state index contributed by atoms with van der Waals surface area (Å²) in [6, 6.07) is 6.71. The van der Waals surface area contributed by atoms with Crippen LogP contribution in [0.15, 0.2) is 24.3 Å². The van der Waals surface area contributed by atoms with Gasteiger partial charge in [0.25, 0.3) is 0 Å². The molecule has 1 aliphatic carbocycles. The molecule has 4 heteroatoms. The van der Waals surface area contributed by atoms with Crippen LogP contribution in [-0.2, 0) is 9.53 Å². The van der Waals surface area contributed by atoms with Gasteiger partial charge in [0.2, 0.25) is 0 Å². The van der Waals surface area contributed by atoms with Gasteiger partial charge in [0, 0.05) is 0 Å². The van der Waals surface area contributed by atoms with Gasteiger partial charge in [-0.2, -0.15) is 0 Å². The summed E-state index contributed by atoms with van der Waals surface area (Å²) in [6.07, 6.45) is 5.07. The molecule has 108 valence electrons. The van der Waals surface area contributed by atoms with Crippen LogP contribution in [0.3, 0.4) is 0 Å². The Kier molecular flexibility index (Phi) is 5.16. The fourth-order valence-corrected chi connectivity index (χ4v) is 2.46. The van der Waals surface area contributed by atoms with Crippen molar-refractivity contribution in [3.05, 3.63) is 29.8 Å². The molecule has 1 saturated carbocycles. The number of carbonyl (C=O) groups is 2. The summed E-state index contributed by atoms with van der Waals surface area (Å²) >= 11 is 0. The number of hydrogen-bond acceptors (Lipinski definition) is 4. The van der Waals surface area contributed by atoms with Gasteiger partial charge in [-0.25, -0.2) is 4.79 Å². The maximum absolute atomic E-state index is 12.1. The minimum atomic E-state index is -0.459. The molecule has 0 amide bonds. The van der Waals surface area contributed by atoms with E-state index in [-0.39, 0.29) is 11.9 Å². The van der Waals surface area contributed by atoms with Gasteiger partial charge in [-0.15, -0.1) is 0 Å². The molecular weight excluding hydrogens is 256 g/mol. The Labute approximate surface area is 119 Å². The predicted octanol–water partition coefficient (Wildman–Crippen LogP) is 3.35. The first-order valence-corrected chi connectivity index (χ1v) is 7.20. The minimum absolute atomic E-state index is 0.0426. The zero-order chi connectivity index (χ0) is 14.4. The normalized spacial score (nSPS) is 15.7. The second-order valence-corrected chi connectivity index (χ2v) is 4.97. The molecule has 0 bridgehead atoms. The zero-order valence-electron chi connectivity index (χ0n) is 11.8. The molecule has 0 N–H and O–H groups in total. The van der Waals surface area contributed by atoms with Crippen molar-refractivity contribution in [1.29, 1.82) is 0 Å². The number of carbonyl (C=O) groups excluding carboxylic acids is 2. The van der Waals surface area contributed by atoms with Crippen molar-refractivity contribution >= 4 is 11.9 Å². The molecule has 4 nitrogen and oxygen atoms in total. The van der Waals surface area contributed by atoms with E-state index in [1.54, 1.807) is 31.2 Å². The summed E-state index contributed by atoms with van der Waals surface area (Å²) < 4.78 is 10.4. The van der Waals surface area contributed by atoms with E-state index in [1.807, 2.05) is 0 Å². The third-order valence-electron chi connectivity index (χ3n) is 3.53. The number of esters is 2. The highest BCUT2D eigenvalue weighted by atomic mass is 16.5. The van der Waals surface area contributed by atoms with E-state index in [2.05, 4.69) is 0 Å². The molecule has 1 aromatic carbocycles. The average molecular weight is 276 g/mol. The number of rotatable bonds is 4. The van der Waals surface area contributed by atoms with Crippen LogP contribution in [0.2, 0.25) is 0 Å². The van der Waals surface area contributed by atoms with Crippen molar-refractivity contribution in [2.75, 3.05) is 6.61 Å². The summed E-state index contributed by atoms with van der Waals surface area (Å²) in [5, 5.41) is 0. The van der Waals surface area contributed by atoms with Gasteiger partial charge in [-0.05, 0) is 31.9 Å². The lowest BCUT2D eigenvalue weighted by Gasteiger charge is -2.20. The first-order chi connectivity index (χ1) is 9.72. The molecule has 0 atom stereocenters. The first kappa shape index (κ1) is 14.6. The van der Waals surface area contributed by atoms with E-state index in [4.69, 9.17) is 9.47 Å². The monoisotopic (exact) mass is 276 g/mol. The van der Waals surface area contributed by atoms with Crippen LogP contribution in [0.5, 0.6) is 5.75 Å². The lowest BCUT2D eigenvalue weighted by atomic mass is 9.89. The molecule has 0 spiro atoms. The van der Waals surface area contributed by atoms with E-state index in [9.17, 15) is 9.59 Å². The van der Waals surface area contributed by atoms with E-state index >= 15 is 0 Å². The molecule has 0 heterocycles. The fourth-order valence-electron chi connectivity index (χ4n) is 2.46. The Balaban J connectivity index is 2.08. The summed E-state index contributed by atoms with van der Waals surface area (Å²) in [7, 11) is 0. The van der Waals surface area contributed by atoms with E-state index in [0.717, 1.165) is 25.7 Å². The molecule has 2 rings (SSSR count). The van der Waals surface area contributed by atoms with Gasteiger partial charge in [-0.1, -0.05) is 31.4 Å². The van der Waals surface area contributed by atoms with Crippen molar-refractivity contribution < 1.29 is 19.1 Å². The van der Waals surface area contributed by atoms with E-state index < -0.39 is 5.97 Å². The van der Waals surface area contributed by atoms with Crippen LogP contribution in [-0.4, -0.2) is 18.5 Å². The highest BCUT2D eigenvalue weighted by molar-refractivity contribution is 5.93. The topological polar surface area (TPSA) is 52.6 Å². The summed E-state index contributed by atoms with van der Waals surface area (Å²) in [5.74, 6) is -0.443. The lowest BCUT2D eigenvalue weighted by molar-refractivity contribution is -0.140. The summed E-state index contributed by atoms with van der Waals surface area (Å²) in [5.41, 5.74) is 0.304. The Hall–Kier alpha value is -1.84. The highest BCUT2D eigenvalue weighted by Gasteiger charge is 2.24. The SMILES string of the molecule is CCOC(=O)c1ccccc1OC(=O)C1CCCCC1. The quantitative estimate of drug-likeness (QED) is 0.625. The second kappa shape index (κ2) is 7.08. The van der Waals surface area contributed by atoms with Crippen LogP contribution >= 0.6 is 0 Å². The minimum Gasteiger partial charge on any atom is -0.462 e. The molecule has 0 aromatic heterocycles. The third kappa shape index (κ3) is 3.59. The van der Waals surface area contributed by atoms with Gasteiger partial charge < -0.3 is 9.47 Å². The predicted molar refractivity (Wildman–Crippen MR) is 74.6 cm³/mol. The van der Waals surface area contributed by atoms with Crippen molar-refractivity contribution in [2.24, 2.45) is 5.92 Å². The molecule has 0 unspecified atom stereocenters. The lowest BCUT2D eigenvalue weighted by Crippen LogP contribution is -2.23. The van der Waals surface area contributed by atoms with Crippen LogP contribution < -0.4 is 4.74 Å². The van der Waals surface area contributed by atoms with Gasteiger partial charge in [0.1, 0.15) is 11.3 Å². The van der Waals surface area contributed by atoms with Crippen LogP contribution in [0.1, 0.15) is 49.4 Å². The summed E-state index contributed by atoms with van der Waals surface area (Å²) in [6.45, 7) is 2.04. The van der Waals surface area contributed by atoms with Crippen molar-refractivity contribution in [1.82, 2.24) is 0 Å². The number of hydrogen-bond donors (Lipinski definition) is 0. The van der Waals surface area contributed by atoms with E-state index in [1.165, 1.54) is 6.42 Å². The Morgan fingerprint density at radius 3 is 2.55 bits per heavy atom. The molecule has 20 heavy (non-hydrogen) atoms. The number of benzene rings is 1. The Morgan fingerprint density at radius 1 is 1.15 bits per heavy atom. The number of para-hydroxylation sites is 1. The van der Waals surface area contributed by atoms with Gasteiger partial charge in [0.05, 0.1) is 12.5 Å². The number of ether oxygens (including phenoxy) is 2. The van der Waals surface area contributed by atoms with Crippen LogP contribution in [0, 0.1) is 5.92 Å². The Bertz CT molecular complexity index is 475. The standard InChI is InChI=1S/C16H20O4/c1-2-19-16(18)13-10-6-7-11-14(13)20-15(17)12-8-4-3-5-9-12/h6-7,10-12H,2-5,8-9H2,1H3. The molecule has 0 radical (unpaired) electrons. The van der Waals surface area contributed by atoms with Crippen molar-refractivity contribution in [3.63, 3.8) is 0 Å². The first-order valence-electron chi connectivity index (χ1n) is 7.20. The van der Waals surface area contributed by atoms with Crippen molar-refractivity contribution in [2.45, 2.75) is 39.0 Å². The average Bonchev–Trinajstić information content (AvgIpc) is 2.49. The largest absolute Gasteiger partial charge is 0.462 e. The van der Waals surface area contributed by atoms with Gasteiger partial charge in [0.15, 0.2) is 0 Å². The molecule has 1 fully saturated rings. The molecule has 1 aliphatic rings. The van der Waals surface area contributed by atoms with Crippen LogP contribution in [0.25, 0.3) is 0 Å². The highest BCUT2D eigenvalue weighted by Crippen LogP contribution is 2.27. The smallest absolute Gasteiger partial charge is 0.341 e. The van der Waals surface area contributed by atoms with E-state index in [0.29, 0.717) is 17.9 Å².